The van der Waals surface area contributed by atoms with Crippen molar-refractivity contribution in [3.63, 3.8) is 0 Å². The SMILES string of the molecule is FC(F)(F)c1ccc2c(NC3C4CC5CC(C4)CC3C5)ccnc2c1. The number of nitrogens with zero attached hydrogens (tertiary/aromatic N) is 1. The van der Waals surface area contributed by atoms with Crippen molar-refractivity contribution < 1.29 is 13.2 Å². The zero-order valence-corrected chi connectivity index (χ0v) is 13.9. The summed E-state index contributed by atoms with van der Waals surface area (Å²) in [5.41, 5.74) is 0.694. The van der Waals surface area contributed by atoms with Gasteiger partial charge in [-0.1, -0.05) is 6.07 Å². The van der Waals surface area contributed by atoms with Crippen LogP contribution in [0.25, 0.3) is 10.9 Å². The number of halogens is 3. The van der Waals surface area contributed by atoms with Crippen molar-refractivity contribution in [1.29, 1.82) is 0 Å². The quantitative estimate of drug-likeness (QED) is 0.778. The van der Waals surface area contributed by atoms with Gasteiger partial charge in [-0.2, -0.15) is 13.2 Å². The van der Waals surface area contributed by atoms with Crippen molar-refractivity contribution in [1.82, 2.24) is 4.98 Å². The van der Waals surface area contributed by atoms with Crippen molar-refractivity contribution in [2.24, 2.45) is 23.7 Å². The Morgan fingerprint density at radius 1 is 0.920 bits per heavy atom. The molecule has 0 amide bonds. The molecular weight excluding hydrogens is 325 g/mol. The second kappa shape index (κ2) is 5.36. The number of benzene rings is 1. The van der Waals surface area contributed by atoms with Gasteiger partial charge in [-0.05, 0) is 74.0 Å². The van der Waals surface area contributed by atoms with Crippen LogP contribution in [-0.2, 0) is 6.18 Å². The molecule has 2 aromatic rings. The first-order valence-electron chi connectivity index (χ1n) is 9.20. The number of nitrogens with one attached hydrogen (secondary N) is 1. The van der Waals surface area contributed by atoms with E-state index in [1.165, 1.54) is 32.1 Å². The van der Waals surface area contributed by atoms with Crippen LogP contribution in [0.1, 0.15) is 37.7 Å². The number of fused-ring (bicyclic) bond motifs is 1. The van der Waals surface area contributed by atoms with Gasteiger partial charge in [-0.15, -0.1) is 0 Å². The van der Waals surface area contributed by atoms with Crippen molar-refractivity contribution in [2.75, 3.05) is 5.32 Å². The highest BCUT2D eigenvalue weighted by Crippen LogP contribution is 2.54. The number of alkyl halides is 3. The van der Waals surface area contributed by atoms with Crippen LogP contribution in [-0.4, -0.2) is 11.0 Å². The Kier molecular flexibility index (Phi) is 3.32. The molecule has 0 unspecified atom stereocenters. The average Bonchev–Trinajstić information content (AvgIpc) is 2.56. The Hall–Kier alpha value is -1.78. The van der Waals surface area contributed by atoms with E-state index in [0.29, 0.717) is 23.4 Å². The monoisotopic (exact) mass is 346 g/mol. The molecule has 0 atom stereocenters. The topological polar surface area (TPSA) is 24.9 Å². The molecule has 4 saturated carbocycles. The van der Waals surface area contributed by atoms with Gasteiger partial charge < -0.3 is 5.32 Å². The van der Waals surface area contributed by atoms with Crippen molar-refractivity contribution >= 4 is 16.6 Å². The first-order valence-corrected chi connectivity index (χ1v) is 9.20. The summed E-state index contributed by atoms with van der Waals surface area (Å²) in [6.07, 6.45) is 3.94. The molecule has 132 valence electrons. The number of rotatable bonds is 2. The van der Waals surface area contributed by atoms with Gasteiger partial charge in [0.25, 0.3) is 0 Å². The highest BCUT2D eigenvalue weighted by molar-refractivity contribution is 5.91. The highest BCUT2D eigenvalue weighted by atomic mass is 19.4. The van der Waals surface area contributed by atoms with Crippen LogP contribution in [0.3, 0.4) is 0 Å². The third-order valence-corrected chi connectivity index (χ3v) is 6.62. The predicted molar refractivity (Wildman–Crippen MR) is 91.2 cm³/mol. The van der Waals surface area contributed by atoms with Crippen molar-refractivity contribution in [2.45, 2.75) is 44.3 Å². The fraction of sp³-hybridized carbons (Fsp3) is 0.550. The minimum Gasteiger partial charge on any atom is -0.381 e. The summed E-state index contributed by atoms with van der Waals surface area (Å²) in [6.45, 7) is 0. The smallest absolute Gasteiger partial charge is 0.381 e. The van der Waals surface area contributed by atoms with Crippen molar-refractivity contribution in [3.8, 4) is 0 Å². The van der Waals surface area contributed by atoms with E-state index in [0.717, 1.165) is 35.0 Å². The summed E-state index contributed by atoms with van der Waals surface area (Å²) in [5, 5.41) is 4.49. The maximum Gasteiger partial charge on any atom is 0.416 e. The summed E-state index contributed by atoms with van der Waals surface area (Å²) in [4.78, 5) is 4.16. The van der Waals surface area contributed by atoms with Crippen LogP contribution < -0.4 is 5.32 Å². The first-order chi connectivity index (χ1) is 12.0. The molecule has 0 aliphatic heterocycles. The summed E-state index contributed by atoms with van der Waals surface area (Å²) < 4.78 is 38.8. The Morgan fingerprint density at radius 3 is 2.24 bits per heavy atom. The minimum atomic E-state index is -4.33. The van der Waals surface area contributed by atoms with Crippen LogP contribution in [0.2, 0.25) is 0 Å². The highest BCUT2D eigenvalue weighted by Gasteiger charge is 2.48. The van der Waals surface area contributed by atoms with Gasteiger partial charge in [0, 0.05) is 23.3 Å². The third kappa shape index (κ3) is 2.59. The maximum absolute atomic E-state index is 12.9. The van der Waals surface area contributed by atoms with E-state index in [1.54, 1.807) is 12.3 Å². The maximum atomic E-state index is 12.9. The van der Waals surface area contributed by atoms with E-state index in [2.05, 4.69) is 10.3 Å². The Labute approximate surface area is 144 Å². The van der Waals surface area contributed by atoms with Crippen LogP contribution in [0.4, 0.5) is 18.9 Å². The van der Waals surface area contributed by atoms with Gasteiger partial charge in [0.15, 0.2) is 0 Å². The summed E-state index contributed by atoms with van der Waals surface area (Å²) in [6, 6.07) is 6.23. The minimum absolute atomic E-state index is 0.406. The lowest BCUT2D eigenvalue weighted by Gasteiger charge is -2.54. The molecule has 0 spiro atoms. The van der Waals surface area contributed by atoms with E-state index in [1.807, 2.05) is 6.07 Å². The molecule has 2 nitrogen and oxygen atoms in total. The molecule has 0 radical (unpaired) electrons. The first kappa shape index (κ1) is 15.5. The molecule has 1 aromatic carbocycles. The molecule has 6 rings (SSSR count). The number of pyridine rings is 1. The summed E-state index contributed by atoms with van der Waals surface area (Å²) in [5.74, 6) is 3.25. The van der Waals surface area contributed by atoms with E-state index in [-0.39, 0.29) is 0 Å². The average molecular weight is 346 g/mol. The van der Waals surface area contributed by atoms with Gasteiger partial charge in [-0.25, -0.2) is 0 Å². The molecule has 1 aromatic heterocycles. The Balaban J connectivity index is 1.47. The van der Waals surface area contributed by atoms with Crippen molar-refractivity contribution in [3.05, 3.63) is 36.0 Å². The van der Waals surface area contributed by atoms with Crippen LogP contribution >= 0.6 is 0 Å². The standard InChI is InChI=1S/C20H21F3N2/c21-20(22,23)15-1-2-16-17(3-4-24-18(16)10-15)25-19-13-6-11-5-12(8-13)9-14(19)7-11/h1-4,10-14,19H,5-9H2,(H,24,25). The number of hydrogen-bond donors (Lipinski definition) is 1. The molecule has 1 heterocycles. The van der Waals surface area contributed by atoms with Crippen LogP contribution in [0, 0.1) is 23.7 Å². The Bertz CT molecular complexity index is 786. The molecule has 4 aliphatic rings. The summed E-state index contributed by atoms with van der Waals surface area (Å²) in [7, 11) is 0. The van der Waals surface area contributed by atoms with Gasteiger partial charge in [0.2, 0.25) is 0 Å². The van der Waals surface area contributed by atoms with Crippen LogP contribution in [0.5, 0.6) is 0 Å². The lowest BCUT2D eigenvalue weighted by Crippen LogP contribution is -2.51. The normalized spacial score (nSPS) is 33.8. The number of aromatic nitrogens is 1. The molecule has 1 N–H and O–H groups in total. The van der Waals surface area contributed by atoms with E-state index >= 15 is 0 Å². The Morgan fingerprint density at radius 2 is 1.60 bits per heavy atom. The molecular formula is C20H21F3N2. The van der Waals surface area contributed by atoms with Gasteiger partial charge in [0.1, 0.15) is 0 Å². The molecule has 4 aliphatic carbocycles. The molecule has 5 heteroatoms. The zero-order valence-electron chi connectivity index (χ0n) is 13.9. The number of anilines is 1. The molecule has 0 saturated heterocycles. The van der Waals surface area contributed by atoms with Gasteiger partial charge in [-0.3, -0.25) is 4.98 Å². The predicted octanol–water partition coefficient (Wildman–Crippen LogP) is 5.49. The van der Waals surface area contributed by atoms with E-state index in [9.17, 15) is 13.2 Å². The fourth-order valence-corrected chi connectivity index (χ4v) is 5.79. The zero-order chi connectivity index (χ0) is 17.2. The lowest BCUT2D eigenvalue weighted by atomic mass is 9.54. The van der Waals surface area contributed by atoms with E-state index in [4.69, 9.17) is 0 Å². The van der Waals surface area contributed by atoms with Crippen LogP contribution in [0.15, 0.2) is 30.5 Å². The lowest BCUT2D eigenvalue weighted by molar-refractivity contribution is -0.137. The van der Waals surface area contributed by atoms with Gasteiger partial charge >= 0.3 is 6.18 Å². The largest absolute Gasteiger partial charge is 0.416 e. The second-order valence-corrected chi connectivity index (χ2v) is 8.19. The van der Waals surface area contributed by atoms with Gasteiger partial charge in [0.05, 0.1) is 11.1 Å². The number of hydrogen-bond acceptors (Lipinski definition) is 2. The molecule has 25 heavy (non-hydrogen) atoms. The molecule has 4 bridgehead atoms. The van der Waals surface area contributed by atoms with E-state index < -0.39 is 11.7 Å². The fourth-order valence-electron chi connectivity index (χ4n) is 5.79. The summed E-state index contributed by atoms with van der Waals surface area (Å²) >= 11 is 0. The third-order valence-electron chi connectivity index (χ3n) is 6.62. The second-order valence-electron chi connectivity index (χ2n) is 8.19. The molecule has 4 fully saturated rings.